The fourth-order valence-electron chi connectivity index (χ4n) is 4.08. The lowest BCUT2D eigenvalue weighted by atomic mass is 9.71. The smallest absolute Gasteiger partial charge is 0.138 e. The molecular formula is C15H26N4. The Balaban J connectivity index is 1.56. The van der Waals surface area contributed by atoms with Crippen LogP contribution in [0.2, 0.25) is 0 Å². The van der Waals surface area contributed by atoms with Crippen molar-refractivity contribution in [2.45, 2.75) is 70.4 Å². The molecule has 2 atom stereocenters. The molecule has 2 aliphatic carbocycles. The molecule has 2 aliphatic rings. The molecule has 0 aromatic carbocycles. The molecule has 1 heterocycles. The third kappa shape index (κ3) is 3.35. The van der Waals surface area contributed by atoms with E-state index in [1.54, 1.807) is 6.33 Å². The van der Waals surface area contributed by atoms with Crippen molar-refractivity contribution in [2.24, 2.45) is 11.8 Å². The number of hydrogen-bond acceptors (Lipinski definition) is 3. The number of hydrogen-bond donors (Lipinski definition) is 2. The molecule has 0 radical (unpaired) electrons. The molecule has 0 bridgehead atoms. The van der Waals surface area contributed by atoms with Crippen molar-refractivity contribution in [3.05, 3.63) is 12.2 Å². The molecule has 1 aromatic heterocycles. The second-order valence-electron chi connectivity index (χ2n) is 6.27. The minimum absolute atomic E-state index is 0.696. The van der Waals surface area contributed by atoms with E-state index in [0.29, 0.717) is 6.04 Å². The first-order valence-corrected chi connectivity index (χ1v) is 8.01. The maximum absolute atomic E-state index is 4.21. The van der Waals surface area contributed by atoms with E-state index in [0.717, 1.165) is 24.2 Å². The van der Waals surface area contributed by atoms with Crippen LogP contribution in [0.4, 0.5) is 0 Å². The largest absolute Gasteiger partial charge is 0.307 e. The first-order chi connectivity index (χ1) is 9.43. The zero-order chi connectivity index (χ0) is 12.9. The Kier molecular flexibility index (Phi) is 4.49. The van der Waals surface area contributed by atoms with Crippen LogP contribution >= 0.6 is 0 Å². The number of aromatic nitrogens is 3. The van der Waals surface area contributed by atoms with Crippen LogP contribution in [0.1, 0.15) is 63.6 Å². The Morgan fingerprint density at radius 1 is 1.05 bits per heavy atom. The van der Waals surface area contributed by atoms with Crippen LogP contribution in [-0.2, 0) is 6.54 Å². The average Bonchev–Trinajstić information content (AvgIpc) is 3.00. The van der Waals surface area contributed by atoms with Crippen LogP contribution in [-0.4, -0.2) is 21.2 Å². The number of aromatic amines is 1. The summed E-state index contributed by atoms with van der Waals surface area (Å²) in [6, 6.07) is 0.696. The monoisotopic (exact) mass is 262 g/mol. The van der Waals surface area contributed by atoms with Crippen LogP contribution in [0.25, 0.3) is 0 Å². The topological polar surface area (TPSA) is 53.6 Å². The fourth-order valence-corrected chi connectivity index (χ4v) is 4.08. The van der Waals surface area contributed by atoms with E-state index in [4.69, 9.17) is 0 Å². The number of H-pyrrole nitrogens is 1. The van der Waals surface area contributed by atoms with Gasteiger partial charge in [0.2, 0.25) is 0 Å². The normalized spacial score (nSPS) is 29.5. The van der Waals surface area contributed by atoms with Gasteiger partial charge in [-0.05, 0) is 24.7 Å². The molecule has 3 rings (SSSR count). The van der Waals surface area contributed by atoms with Gasteiger partial charge in [0, 0.05) is 6.04 Å². The van der Waals surface area contributed by atoms with Gasteiger partial charge >= 0.3 is 0 Å². The van der Waals surface area contributed by atoms with Gasteiger partial charge in [0.1, 0.15) is 12.2 Å². The first-order valence-electron chi connectivity index (χ1n) is 8.01. The molecule has 0 aliphatic heterocycles. The SMILES string of the molecule is c1n[nH]c(CNC2CCCCC2C2CCCCC2)n1. The molecule has 0 saturated heterocycles. The lowest BCUT2D eigenvalue weighted by Gasteiger charge is -2.39. The first kappa shape index (κ1) is 13.1. The highest BCUT2D eigenvalue weighted by atomic mass is 15.2. The lowest BCUT2D eigenvalue weighted by Crippen LogP contribution is -2.42. The molecular weight excluding hydrogens is 236 g/mol. The second-order valence-corrected chi connectivity index (χ2v) is 6.27. The Bertz CT molecular complexity index is 356. The summed E-state index contributed by atoms with van der Waals surface area (Å²) in [5.74, 6) is 2.84. The summed E-state index contributed by atoms with van der Waals surface area (Å²) >= 11 is 0. The van der Waals surface area contributed by atoms with Crippen molar-refractivity contribution in [2.75, 3.05) is 0 Å². The zero-order valence-electron chi connectivity index (χ0n) is 11.8. The molecule has 4 heteroatoms. The van der Waals surface area contributed by atoms with E-state index < -0.39 is 0 Å². The van der Waals surface area contributed by atoms with Crippen LogP contribution in [0, 0.1) is 11.8 Å². The van der Waals surface area contributed by atoms with E-state index in [2.05, 4.69) is 20.5 Å². The van der Waals surface area contributed by atoms with E-state index in [-0.39, 0.29) is 0 Å². The van der Waals surface area contributed by atoms with Gasteiger partial charge in [0.25, 0.3) is 0 Å². The molecule has 1 aromatic rings. The summed E-state index contributed by atoms with van der Waals surface area (Å²) in [6.45, 7) is 0.841. The standard InChI is InChI=1S/C15H26N4/c1-2-6-12(7-3-1)13-8-4-5-9-14(13)16-10-15-17-11-18-19-15/h11-14,16H,1-10H2,(H,17,18,19). The van der Waals surface area contributed by atoms with Crippen LogP contribution in [0.3, 0.4) is 0 Å². The van der Waals surface area contributed by atoms with E-state index in [1.165, 1.54) is 57.8 Å². The predicted molar refractivity (Wildman–Crippen MR) is 75.5 cm³/mol. The highest BCUT2D eigenvalue weighted by Gasteiger charge is 2.32. The van der Waals surface area contributed by atoms with Crippen LogP contribution in [0.5, 0.6) is 0 Å². The number of nitrogens with one attached hydrogen (secondary N) is 2. The summed E-state index contributed by atoms with van der Waals surface area (Å²) in [7, 11) is 0. The van der Waals surface area contributed by atoms with E-state index in [9.17, 15) is 0 Å². The average molecular weight is 262 g/mol. The Morgan fingerprint density at radius 2 is 1.84 bits per heavy atom. The Labute approximate surface area is 115 Å². The van der Waals surface area contributed by atoms with Gasteiger partial charge in [-0.25, -0.2) is 4.98 Å². The third-order valence-corrected chi connectivity index (χ3v) is 5.07. The van der Waals surface area contributed by atoms with Crippen molar-refractivity contribution < 1.29 is 0 Å². The van der Waals surface area contributed by atoms with Gasteiger partial charge in [-0.2, -0.15) is 5.10 Å². The minimum Gasteiger partial charge on any atom is -0.307 e. The quantitative estimate of drug-likeness (QED) is 0.877. The molecule has 2 fully saturated rings. The van der Waals surface area contributed by atoms with Gasteiger partial charge in [-0.15, -0.1) is 0 Å². The predicted octanol–water partition coefficient (Wildman–Crippen LogP) is 3.03. The van der Waals surface area contributed by atoms with Gasteiger partial charge < -0.3 is 5.32 Å². The summed E-state index contributed by atoms with van der Waals surface area (Å²) in [5, 5.41) is 10.6. The van der Waals surface area contributed by atoms with E-state index in [1.807, 2.05) is 0 Å². The van der Waals surface area contributed by atoms with Crippen molar-refractivity contribution in [1.29, 1.82) is 0 Å². The van der Waals surface area contributed by atoms with Crippen LogP contribution in [0.15, 0.2) is 6.33 Å². The number of rotatable bonds is 4. The van der Waals surface area contributed by atoms with Crippen molar-refractivity contribution in [3.8, 4) is 0 Å². The van der Waals surface area contributed by atoms with Gasteiger partial charge in [-0.3, -0.25) is 5.10 Å². The third-order valence-electron chi connectivity index (χ3n) is 5.07. The fraction of sp³-hybridized carbons (Fsp3) is 0.867. The highest BCUT2D eigenvalue weighted by molar-refractivity contribution is 4.89. The molecule has 2 saturated carbocycles. The summed E-state index contributed by atoms with van der Waals surface area (Å²) in [6.07, 6.45) is 14.5. The van der Waals surface area contributed by atoms with Crippen molar-refractivity contribution in [1.82, 2.24) is 20.5 Å². The van der Waals surface area contributed by atoms with Gasteiger partial charge in [0.15, 0.2) is 0 Å². The highest BCUT2D eigenvalue weighted by Crippen LogP contribution is 2.38. The molecule has 106 valence electrons. The zero-order valence-corrected chi connectivity index (χ0v) is 11.8. The summed E-state index contributed by atoms with van der Waals surface area (Å²) < 4.78 is 0. The Hall–Kier alpha value is -0.900. The van der Waals surface area contributed by atoms with Crippen molar-refractivity contribution >= 4 is 0 Å². The molecule has 4 nitrogen and oxygen atoms in total. The minimum atomic E-state index is 0.696. The van der Waals surface area contributed by atoms with Gasteiger partial charge in [-0.1, -0.05) is 44.9 Å². The second kappa shape index (κ2) is 6.51. The number of nitrogens with zero attached hydrogens (tertiary/aromatic N) is 2. The molecule has 19 heavy (non-hydrogen) atoms. The molecule has 2 unspecified atom stereocenters. The van der Waals surface area contributed by atoms with Crippen LogP contribution < -0.4 is 5.32 Å². The maximum Gasteiger partial charge on any atom is 0.138 e. The van der Waals surface area contributed by atoms with Crippen molar-refractivity contribution in [3.63, 3.8) is 0 Å². The molecule has 0 spiro atoms. The van der Waals surface area contributed by atoms with Gasteiger partial charge in [0.05, 0.1) is 6.54 Å². The molecule has 0 amide bonds. The summed E-state index contributed by atoms with van der Waals surface area (Å²) in [5.41, 5.74) is 0. The lowest BCUT2D eigenvalue weighted by molar-refractivity contribution is 0.149. The summed E-state index contributed by atoms with van der Waals surface area (Å²) in [4.78, 5) is 4.21. The van der Waals surface area contributed by atoms with E-state index >= 15 is 0 Å². The Morgan fingerprint density at radius 3 is 2.63 bits per heavy atom. The molecule has 2 N–H and O–H groups in total. The maximum atomic E-state index is 4.21.